The Hall–Kier alpha value is -0.240. The molecule has 0 aliphatic rings. The summed E-state index contributed by atoms with van der Waals surface area (Å²) >= 11 is 5.49. The van der Waals surface area contributed by atoms with E-state index in [1.54, 1.807) is 0 Å². The van der Waals surface area contributed by atoms with Gasteiger partial charge in [-0.1, -0.05) is 40.0 Å². The van der Waals surface area contributed by atoms with Gasteiger partial charge >= 0.3 is 0 Å². The van der Waals surface area contributed by atoms with E-state index in [0.29, 0.717) is 12.3 Å². The van der Waals surface area contributed by atoms with Crippen LogP contribution in [0.25, 0.3) is 0 Å². The average Bonchev–Trinajstić information content (AvgIpc) is 2.16. The number of carbonyl (C=O) groups is 1. The molecule has 90 valence electrons. The summed E-state index contributed by atoms with van der Waals surface area (Å²) in [4.78, 5) is 11.2. The first kappa shape index (κ1) is 14.8. The summed E-state index contributed by atoms with van der Waals surface area (Å²) in [6, 6.07) is 0. The average molecular weight is 234 g/mol. The molecule has 0 rings (SSSR count). The van der Waals surface area contributed by atoms with Crippen LogP contribution in [0.2, 0.25) is 0 Å². The first-order valence-electron chi connectivity index (χ1n) is 5.84. The van der Waals surface area contributed by atoms with E-state index >= 15 is 0 Å². The molecule has 0 saturated carbocycles. The molecule has 0 radical (unpaired) electrons. The zero-order valence-corrected chi connectivity index (χ0v) is 11.0. The number of rotatable bonds is 8. The minimum absolute atomic E-state index is 0.0635. The van der Waals surface area contributed by atoms with Crippen LogP contribution in [0, 0.1) is 5.41 Å². The summed E-state index contributed by atoms with van der Waals surface area (Å²) in [7, 11) is 0. The maximum atomic E-state index is 11.2. The van der Waals surface area contributed by atoms with E-state index in [-0.39, 0.29) is 11.3 Å². The van der Waals surface area contributed by atoms with E-state index in [2.05, 4.69) is 26.1 Å². The number of carbonyl (C=O) groups excluding carboxylic acids is 1. The van der Waals surface area contributed by atoms with Crippen molar-refractivity contribution in [2.45, 2.75) is 52.9 Å². The molecule has 0 atom stereocenters. The Kier molecular flexibility index (Phi) is 7.85. The summed E-state index contributed by atoms with van der Waals surface area (Å²) in [5.41, 5.74) is 0.205. The molecule has 0 spiro atoms. The van der Waals surface area contributed by atoms with Crippen LogP contribution in [-0.2, 0) is 4.79 Å². The van der Waals surface area contributed by atoms with E-state index < -0.39 is 0 Å². The third-order valence-corrected chi connectivity index (χ3v) is 2.73. The fourth-order valence-corrected chi connectivity index (χ4v) is 1.63. The van der Waals surface area contributed by atoms with Gasteiger partial charge in [0.15, 0.2) is 0 Å². The van der Waals surface area contributed by atoms with Gasteiger partial charge < -0.3 is 5.32 Å². The number of unbranched alkanes of at least 4 members (excludes halogenated alkanes) is 2. The van der Waals surface area contributed by atoms with Crippen LogP contribution in [0.3, 0.4) is 0 Å². The highest BCUT2D eigenvalue weighted by Crippen LogP contribution is 2.22. The second-order valence-electron chi connectivity index (χ2n) is 4.84. The van der Waals surface area contributed by atoms with Crippen molar-refractivity contribution in [1.82, 2.24) is 5.32 Å². The van der Waals surface area contributed by atoms with Crippen LogP contribution in [0.5, 0.6) is 0 Å². The quantitative estimate of drug-likeness (QED) is 0.506. The Morgan fingerprint density at radius 1 is 1.33 bits per heavy atom. The molecule has 0 unspecified atom stereocenters. The zero-order chi connectivity index (χ0) is 11.7. The first-order valence-corrected chi connectivity index (χ1v) is 6.38. The van der Waals surface area contributed by atoms with Crippen LogP contribution >= 0.6 is 11.6 Å². The molecule has 15 heavy (non-hydrogen) atoms. The van der Waals surface area contributed by atoms with E-state index in [9.17, 15) is 4.79 Å². The van der Waals surface area contributed by atoms with Gasteiger partial charge in [0, 0.05) is 18.8 Å². The zero-order valence-electron chi connectivity index (χ0n) is 10.2. The highest BCUT2D eigenvalue weighted by molar-refractivity contribution is 6.18. The summed E-state index contributed by atoms with van der Waals surface area (Å²) in [5.74, 6) is 0.468. The molecule has 0 aromatic heterocycles. The van der Waals surface area contributed by atoms with E-state index in [0.717, 1.165) is 6.54 Å². The fourth-order valence-electron chi connectivity index (χ4n) is 1.45. The van der Waals surface area contributed by atoms with Crippen molar-refractivity contribution in [1.29, 1.82) is 0 Å². The Labute approximate surface area is 98.8 Å². The maximum absolute atomic E-state index is 11.2. The molecule has 0 fully saturated rings. The normalized spacial score (nSPS) is 11.5. The van der Waals surface area contributed by atoms with Gasteiger partial charge in [0.05, 0.1) is 0 Å². The molecule has 0 aromatic rings. The number of halogens is 1. The van der Waals surface area contributed by atoms with Gasteiger partial charge in [-0.25, -0.2) is 0 Å². The van der Waals surface area contributed by atoms with E-state index in [1.165, 1.54) is 25.7 Å². The highest BCUT2D eigenvalue weighted by Gasteiger charge is 2.17. The predicted molar refractivity (Wildman–Crippen MR) is 66.3 cm³/mol. The molecule has 2 nitrogen and oxygen atoms in total. The minimum Gasteiger partial charge on any atom is -0.356 e. The molecule has 0 saturated heterocycles. The summed E-state index contributed by atoms with van der Waals surface area (Å²) in [5, 5.41) is 2.93. The van der Waals surface area contributed by atoms with Gasteiger partial charge in [0.2, 0.25) is 5.91 Å². The third kappa shape index (κ3) is 8.73. The smallest absolute Gasteiger partial charge is 0.221 e. The Balaban J connectivity index is 3.67. The molecule has 0 heterocycles. The SMILES string of the molecule is CCCCCC(C)(C)CNC(=O)CCCl. The second-order valence-corrected chi connectivity index (χ2v) is 5.21. The number of hydrogen-bond donors (Lipinski definition) is 1. The lowest BCUT2D eigenvalue weighted by Gasteiger charge is -2.24. The van der Waals surface area contributed by atoms with Crippen molar-refractivity contribution < 1.29 is 4.79 Å². The molecule has 0 bridgehead atoms. The van der Waals surface area contributed by atoms with E-state index in [4.69, 9.17) is 11.6 Å². The van der Waals surface area contributed by atoms with Crippen molar-refractivity contribution in [2.24, 2.45) is 5.41 Å². The molecule has 1 amide bonds. The Morgan fingerprint density at radius 2 is 2.00 bits per heavy atom. The van der Waals surface area contributed by atoms with Crippen molar-refractivity contribution in [3.05, 3.63) is 0 Å². The first-order chi connectivity index (χ1) is 7.02. The predicted octanol–water partition coefficient (Wildman–Crippen LogP) is 3.34. The third-order valence-electron chi connectivity index (χ3n) is 2.54. The summed E-state index contributed by atoms with van der Waals surface area (Å²) in [6.07, 6.45) is 5.36. The Bertz CT molecular complexity index is 180. The topological polar surface area (TPSA) is 29.1 Å². The van der Waals surface area contributed by atoms with Crippen LogP contribution in [-0.4, -0.2) is 18.3 Å². The van der Waals surface area contributed by atoms with Gasteiger partial charge in [-0.3, -0.25) is 4.79 Å². The number of amides is 1. The summed E-state index contributed by atoms with van der Waals surface area (Å²) in [6.45, 7) is 7.36. The second kappa shape index (κ2) is 7.98. The van der Waals surface area contributed by atoms with Gasteiger partial charge in [0.1, 0.15) is 0 Å². The molecule has 1 N–H and O–H groups in total. The van der Waals surface area contributed by atoms with Crippen LogP contribution in [0.15, 0.2) is 0 Å². The lowest BCUT2D eigenvalue weighted by Crippen LogP contribution is -2.34. The molecular weight excluding hydrogens is 210 g/mol. The highest BCUT2D eigenvalue weighted by atomic mass is 35.5. The standard InChI is InChI=1S/C12H24ClNO/c1-4-5-6-8-12(2,3)10-14-11(15)7-9-13/h4-10H2,1-3H3,(H,14,15). The largest absolute Gasteiger partial charge is 0.356 e. The van der Waals surface area contributed by atoms with Crippen LogP contribution < -0.4 is 5.32 Å². The molecule has 0 aliphatic heterocycles. The number of nitrogens with one attached hydrogen (secondary N) is 1. The van der Waals surface area contributed by atoms with E-state index in [1.807, 2.05) is 0 Å². The van der Waals surface area contributed by atoms with Gasteiger partial charge in [-0.05, 0) is 11.8 Å². The van der Waals surface area contributed by atoms with Crippen molar-refractivity contribution in [2.75, 3.05) is 12.4 Å². The lowest BCUT2D eigenvalue weighted by molar-refractivity contribution is -0.121. The summed E-state index contributed by atoms with van der Waals surface area (Å²) < 4.78 is 0. The Morgan fingerprint density at radius 3 is 2.53 bits per heavy atom. The minimum atomic E-state index is 0.0635. The lowest BCUT2D eigenvalue weighted by atomic mass is 9.87. The van der Waals surface area contributed by atoms with Gasteiger partial charge in [-0.15, -0.1) is 11.6 Å². The van der Waals surface area contributed by atoms with Crippen LogP contribution in [0.1, 0.15) is 52.9 Å². The number of hydrogen-bond acceptors (Lipinski definition) is 1. The monoisotopic (exact) mass is 233 g/mol. The molecule has 3 heteroatoms. The van der Waals surface area contributed by atoms with Crippen molar-refractivity contribution in [3.63, 3.8) is 0 Å². The fraction of sp³-hybridized carbons (Fsp3) is 0.917. The maximum Gasteiger partial charge on any atom is 0.221 e. The molecular formula is C12H24ClNO. The van der Waals surface area contributed by atoms with Crippen LogP contribution in [0.4, 0.5) is 0 Å². The number of alkyl halides is 1. The van der Waals surface area contributed by atoms with Gasteiger partial charge in [-0.2, -0.15) is 0 Å². The van der Waals surface area contributed by atoms with Crippen molar-refractivity contribution >= 4 is 17.5 Å². The molecule has 0 aromatic carbocycles. The molecule has 0 aliphatic carbocycles. The van der Waals surface area contributed by atoms with Crippen molar-refractivity contribution in [3.8, 4) is 0 Å². The van der Waals surface area contributed by atoms with Gasteiger partial charge in [0.25, 0.3) is 0 Å².